The molecule has 1 aliphatic rings. The Morgan fingerprint density at radius 2 is 2.05 bits per heavy atom. The van der Waals surface area contributed by atoms with Crippen molar-refractivity contribution in [3.63, 3.8) is 0 Å². The molecule has 21 heavy (non-hydrogen) atoms. The van der Waals surface area contributed by atoms with E-state index in [4.69, 9.17) is 9.72 Å². The normalized spacial score (nSPS) is 14.4. The molecule has 0 aliphatic heterocycles. The summed E-state index contributed by atoms with van der Waals surface area (Å²) in [5.41, 5.74) is 3.38. The molecular weight excluding hydrogens is 264 g/mol. The van der Waals surface area contributed by atoms with Gasteiger partial charge in [0.15, 0.2) is 0 Å². The fourth-order valence-corrected chi connectivity index (χ4v) is 2.54. The molecule has 0 bridgehead atoms. The fourth-order valence-electron chi connectivity index (χ4n) is 2.54. The van der Waals surface area contributed by atoms with E-state index in [1.54, 1.807) is 0 Å². The Hall–Kier alpha value is -1.58. The van der Waals surface area contributed by atoms with Crippen molar-refractivity contribution in [3.05, 3.63) is 29.1 Å². The molecule has 116 valence electrons. The largest absolute Gasteiger partial charge is 0.444 e. The number of alkyl carbamates (subject to hydrolysis) is 1. The Morgan fingerprint density at radius 3 is 2.81 bits per heavy atom. The van der Waals surface area contributed by atoms with E-state index in [9.17, 15) is 4.79 Å². The molecule has 0 unspecified atom stereocenters. The Balaban J connectivity index is 1.73. The van der Waals surface area contributed by atoms with Crippen LogP contribution in [0.4, 0.5) is 4.79 Å². The first kappa shape index (κ1) is 15.8. The molecule has 4 nitrogen and oxygen atoms in total. The van der Waals surface area contributed by atoms with Gasteiger partial charge in [-0.25, -0.2) is 4.79 Å². The van der Waals surface area contributed by atoms with Crippen LogP contribution < -0.4 is 5.32 Å². The first-order valence-electron chi connectivity index (χ1n) is 7.88. The second kappa shape index (κ2) is 6.92. The average molecular weight is 290 g/mol. The quantitative estimate of drug-likeness (QED) is 0.864. The van der Waals surface area contributed by atoms with Gasteiger partial charge < -0.3 is 10.1 Å². The maximum atomic E-state index is 11.5. The molecule has 0 fully saturated rings. The molecule has 0 saturated heterocycles. The van der Waals surface area contributed by atoms with Crippen LogP contribution in [-0.4, -0.2) is 23.2 Å². The number of pyridine rings is 1. The van der Waals surface area contributed by atoms with Crippen molar-refractivity contribution in [2.45, 2.75) is 64.9 Å². The molecule has 1 amide bonds. The number of nitrogens with zero attached hydrogens (tertiary/aromatic N) is 1. The third-order valence-electron chi connectivity index (χ3n) is 3.51. The summed E-state index contributed by atoms with van der Waals surface area (Å²) in [7, 11) is 0. The fraction of sp³-hybridized carbons (Fsp3) is 0.647. The number of amides is 1. The van der Waals surface area contributed by atoms with Crippen LogP contribution in [0.5, 0.6) is 0 Å². The highest BCUT2D eigenvalue weighted by atomic mass is 16.6. The molecule has 1 aromatic rings. The molecule has 1 aliphatic carbocycles. The number of carbonyl (C=O) groups excluding carboxylic acids is 1. The van der Waals surface area contributed by atoms with Crippen molar-refractivity contribution >= 4 is 6.09 Å². The number of hydrogen-bond donors (Lipinski definition) is 1. The Kier molecular flexibility index (Phi) is 5.21. The van der Waals surface area contributed by atoms with E-state index in [1.807, 2.05) is 20.8 Å². The van der Waals surface area contributed by atoms with E-state index in [1.165, 1.54) is 30.5 Å². The first-order valence-corrected chi connectivity index (χ1v) is 7.88. The minimum Gasteiger partial charge on any atom is -0.444 e. The zero-order chi connectivity index (χ0) is 15.3. The monoisotopic (exact) mass is 290 g/mol. The summed E-state index contributed by atoms with van der Waals surface area (Å²) < 4.78 is 5.20. The van der Waals surface area contributed by atoms with Gasteiger partial charge in [-0.2, -0.15) is 0 Å². The lowest BCUT2D eigenvalue weighted by Gasteiger charge is -2.19. The highest BCUT2D eigenvalue weighted by molar-refractivity contribution is 5.67. The molecule has 0 aromatic carbocycles. The van der Waals surface area contributed by atoms with Crippen LogP contribution in [-0.2, 0) is 24.0 Å². The zero-order valence-electron chi connectivity index (χ0n) is 13.4. The topological polar surface area (TPSA) is 51.2 Å². The van der Waals surface area contributed by atoms with E-state index >= 15 is 0 Å². The van der Waals surface area contributed by atoms with Crippen LogP contribution in [0, 0.1) is 0 Å². The van der Waals surface area contributed by atoms with Crippen molar-refractivity contribution in [2.75, 3.05) is 6.54 Å². The minimum absolute atomic E-state index is 0.346. The highest BCUT2D eigenvalue weighted by Gasteiger charge is 2.15. The molecule has 0 spiro atoms. The Labute approximate surface area is 127 Å². The van der Waals surface area contributed by atoms with Gasteiger partial charge in [0.25, 0.3) is 0 Å². The number of aromatic nitrogens is 1. The first-order chi connectivity index (χ1) is 9.94. The predicted octanol–water partition coefficient (Wildman–Crippen LogP) is 3.42. The summed E-state index contributed by atoms with van der Waals surface area (Å²) in [5, 5.41) is 2.78. The molecule has 1 aromatic heterocycles. The molecular formula is C17H26N2O2. The Morgan fingerprint density at radius 1 is 1.29 bits per heavy atom. The van der Waals surface area contributed by atoms with Crippen molar-refractivity contribution < 1.29 is 9.53 Å². The number of aryl methyl sites for hydroxylation is 3. The molecule has 0 radical (unpaired) electrons. The lowest BCUT2D eigenvalue weighted by atomic mass is 9.95. The summed E-state index contributed by atoms with van der Waals surface area (Å²) in [5.74, 6) is 0. The van der Waals surface area contributed by atoms with Crippen molar-refractivity contribution in [2.24, 2.45) is 0 Å². The van der Waals surface area contributed by atoms with Crippen LogP contribution in [0.25, 0.3) is 0 Å². The van der Waals surface area contributed by atoms with Crippen LogP contribution in [0.2, 0.25) is 0 Å². The van der Waals surface area contributed by atoms with Crippen molar-refractivity contribution in [1.82, 2.24) is 10.3 Å². The van der Waals surface area contributed by atoms with E-state index in [0.29, 0.717) is 6.54 Å². The summed E-state index contributed by atoms with van der Waals surface area (Å²) in [6.07, 6.45) is 6.24. The summed E-state index contributed by atoms with van der Waals surface area (Å²) in [4.78, 5) is 16.3. The second-order valence-electron chi connectivity index (χ2n) is 6.65. The minimum atomic E-state index is -0.440. The van der Waals surface area contributed by atoms with Gasteiger partial charge in [0, 0.05) is 17.9 Å². The highest BCUT2D eigenvalue weighted by Crippen LogP contribution is 2.19. The molecule has 4 heteroatoms. The third kappa shape index (κ3) is 5.37. The maximum absolute atomic E-state index is 11.5. The van der Waals surface area contributed by atoms with Gasteiger partial charge in [0.1, 0.15) is 5.60 Å². The number of nitrogens with one attached hydrogen (secondary N) is 1. The zero-order valence-corrected chi connectivity index (χ0v) is 13.4. The Bertz CT molecular complexity index is 492. The molecule has 1 N–H and O–H groups in total. The number of fused-ring (bicyclic) bond motifs is 1. The maximum Gasteiger partial charge on any atom is 0.407 e. The number of carbonyl (C=O) groups is 1. The van der Waals surface area contributed by atoms with E-state index in [2.05, 4.69) is 17.4 Å². The summed E-state index contributed by atoms with van der Waals surface area (Å²) >= 11 is 0. The third-order valence-corrected chi connectivity index (χ3v) is 3.51. The van der Waals surface area contributed by atoms with Gasteiger partial charge in [-0.05, 0) is 70.9 Å². The van der Waals surface area contributed by atoms with Gasteiger partial charge in [0.05, 0.1) is 0 Å². The van der Waals surface area contributed by atoms with Crippen LogP contribution in [0.3, 0.4) is 0 Å². The predicted molar refractivity (Wildman–Crippen MR) is 83.4 cm³/mol. The number of rotatable bonds is 4. The molecule has 0 saturated carbocycles. The summed E-state index contributed by atoms with van der Waals surface area (Å²) in [6.45, 7) is 6.21. The van der Waals surface area contributed by atoms with Crippen LogP contribution in [0.15, 0.2) is 12.1 Å². The van der Waals surface area contributed by atoms with Gasteiger partial charge in [-0.1, -0.05) is 6.07 Å². The second-order valence-corrected chi connectivity index (χ2v) is 6.65. The van der Waals surface area contributed by atoms with Crippen LogP contribution in [0.1, 0.15) is 57.0 Å². The average Bonchev–Trinajstić information content (AvgIpc) is 2.41. The van der Waals surface area contributed by atoms with Gasteiger partial charge in [-0.15, -0.1) is 0 Å². The SMILES string of the molecule is CC(C)(C)OC(=O)NCCCc1ccc2c(n1)CCCC2. The van der Waals surface area contributed by atoms with Crippen LogP contribution >= 0.6 is 0 Å². The van der Waals surface area contributed by atoms with Gasteiger partial charge in [-0.3, -0.25) is 4.98 Å². The van der Waals surface area contributed by atoms with E-state index in [-0.39, 0.29) is 6.09 Å². The standard InChI is InChI=1S/C17H26N2O2/c1-17(2,3)21-16(20)18-12-6-8-14-11-10-13-7-4-5-9-15(13)19-14/h10-11H,4-9,12H2,1-3H3,(H,18,20). The van der Waals surface area contributed by atoms with Gasteiger partial charge in [0.2, 0.25) is 0 Å². The van der Waals surface area contributed by atoms with E-state index in [0.717, 1.165) is 25.0 Å². The van der Waals surface area contributed by atoms with Crippen molar-refractivity contribution in [1.29, 1.82) is 0 Å². The smallest absolute Gasteiger partial charge is 0.407 e. The molecule has 2 rings (SSSR count). The molecule has 1 heterocycles. The lowest BCUT2D eigenvalue weighted by molar-refractivity contribution is 0.0527. The molecule has 0 atom stereocenters. The number of ether oxygens (including phenoxy) is 1. The van der Waals surface area contributed by atoms with Crippen molar-refractivity contribution in [3.8, 4) is 0 Å². The van der Waals surface area contributed by atoms with E-state index < -0.39 is 5.60 Å². The van der Waals surface area contributed by atoms with Gasteiger partial charge >= 0.3 is 6.09 Å². The lowest BCUT2D eigenvalue weighted by Crippen LogP contribution is -2.33. The number of hydrogen-bond acceptors (Lipinski definition) is 3. The summed E-state index contributed by atoms with van der Waals surface area (Å²) in [6, 6.07) is 4.34.